The maximum Gasteiger partial charge on any atom is 0.325 e. The summed E-state index contributed by atoms with van der Waals surface area (Å²) < 4.78 is 0. The highest BCUT2D eigenvalue weighted by molar-refractivity contribution is 5.96. The molecule has 2 aliphatic heterocycles. The number of piperidine rings is 1. The molecule has 2 heterocycles. The molecule has 0 N–H and O–H groups in total. The molecule has 31 heavy (non-hydrogen) atoms. The van der Waals surface area contributed by atoms with Gasteiger partial charge >= 0.3 is 6.03 Å². The first-order valence-electron chi connectivity index (χ1n) is 11.5. The molecule has 4 rings (SSSR count). The van der Waals surface area contributed by atoms with Crippen LogP contribution in [0.4, 0.5) is 10.5 Å². The van der Waals surface area contributed by atoms with Crippen LogP contribution in [0.1, 0.15) is 43.7 Å². The van der Waals surface area contributed by atoms with Crippen LogP contribution < -0.4 is 4.90 Å². The SMILES string of the molecule is CC(C)c1ccc(N2CCN(CC(=O)N3CCC(Cc4ccccc4)CC3)C2=O)cc1. The Kier molecular flexibility index (Phi) is 6.59. The average molecular weight is 420 g/mol. The molecule has 2 aliphatic rings. The zero-order valence-corrected chi connectivity index (χ0v) is 18.7. The number of likely N-dealkylation sites (tertiary alicyclic amines) is 1. The molecular weight excluding hydrogens is 386 g/mol. The lowest BCUT2D eigenvalue weighted by Gasteiger charge is -2.33. The molecule has 2 aromatic rings. The Morgan fingerprint density at radius 3 is 2.26 bits per heavy atom. The van der Waals surface area contributed by atoms with Crippen LogP contribution in [0.3, 0.4) is 0 Å². The fourth-order valence-electron chi connectivity index (χ4n) is 4.61. The normalized spacial score (nSPS) is 17.6. The molecule has 0 aromatic heterocycles. The minimum absolute atomic E-state index is 0.0652. The Labute approximate surface area is 185 Å². The number of benzene rings is 2. The van der Waals surface area contributed by atoms with E-state index in [9.17, 15) is 9.59 Å². The summed E-state index contributed by atoms with van der Waals surface area (Å²) in [5.74, 6) is 1.17. The van der Waals surface area contributed by atoms with E-state index in [2.05, 4.69) is 50.2 Å². The number of urea groups is 1. The predicted octanol–water partition coefficient (Wildman–Crippen LogP) is 4.53. The number of hydrogen-bond acceptors (Lipinski definition) is 2. The van der Waals surface area contributed by atoms with Crippen molar-refractivity contribution in [1.29, 1.82) is 0 Å². The Bertz CT molecular complexity index is 887. The lowest BCUT2D eigenvalue weighted by Crippen LogP contribution is -2.45. The van der Waals surface area contributed by atoms with E-state index in [-0.39, 0.29) is 18.5 Å². The Balaban J connectivity index is 1.27. The van der Waals surface area contributed by atoms with Gasteiger partial charge in [-0.15, -0.1) is 0 Å². The number of anilines is 1. The first kappa shape index (κ1) is 21.4. The molecule has 5 heteroatoms. The third kappa shape index (κ3) is 5.09. The molecular formula is C26H33N3O2. The molecule has 5 nitrogen and oxygen atoms in total. The van der Waals surface area contributed by atoms with Gasteiger partial charge in [0, 0.05) is 31.9 Å². The summed E-state index contributed by atoms with van der Waals surface area (Å²) in [5.41, 5.74) is 3.54. The van der Waals surface area contributed by atoms with Crippen LogP contribution in [0.15, 0.2) is 54.6 Å². The lowest BCUT2D eigenvalue weighted by atomic mass is 9.90. The van der Waals surface area contributed by atoms with Crippen LogP contribution in [0.2, 0.25) is 0 Å². The van der Waals surface area contributed by atoms with Gasteiger partial charge in [0.2, 0.25) is 5.91 Å². The number of amides is 3. The maximum absolute atomic E-state index is 12.9. The van der Waals surface area contributed by atoms with Crippen LogP contribution in [-0.4, -0.2) is 54.5 Å². The van der Waals surface area contributed by atoms with E-state index in [0.717, 1.165) is 38.0 Å². The summed E-state index contributed by atoms with van der Waals surface area (Å²) in [6.45, 7) is 7.31. The van der Waals surface area contributed by atoms with E-state index in [0.29, 0.717) is 24.9 Å². The van der Waals surface area contributed by atoms with E-state index in [1.165, 1.54) is 11.1 Å². The van der Waals surface area contributed by atoms with Gasteiger partial charge in [0.15, 0.2) is 0 Å². The average Bonchev–Trinajstić information content (AvgIpc) is 3.15. The number of nitrogens with zero attached hydrogens (tertiary/aromatic N) is 3. The Morgan fingerprint density at radius 1 is 0.935 bits per heavy atom. The van der Waals surface area contributed by atoms with E-state index in [1.807, 2.05) is 23.1 Å². The standard InChI is InChI=1S/C26H33N3O2/c1-20(2)23-8-10-24(11-9-23)29-17-16-28(26(29)31)19-25(30)27-14-12-22(13-15-27)18-21-6-4-3-5-7-21/h3-11,20,22H,12-19H2,1-2H3. The highest BCUT2D eigenvalue weighted by Crippen LogP contribution is 2.25. The molecule has 0 saturated carbocycles. The zero-order chi connectivity index (χ0) is 21.8. The topological polar surface area (TPSA) is 43.9 Å². The van der Waals surface area contributed by atoms with Crippen molar-refractivity contribution in [2.45, 2.75) is 39.0 Å². The fourth-order valence-corrected chi connectivity index (χ4v) is 4.61. The van der Waals surface area contributed by atoms with Gasteiger partial charge in [-0.2, -0.15) is 0 Å². The highest BCUT2D eigenvalue weighted by Gasteiger charge is 2.32. The van der Waals surface area contributed by atoms with Gasteiger partial charge in [0.1, 0.15) is 6.54 Å². The van der Waals surface area contributed by atoms with Crippen LogP contribution in [0.5, 0.6) is 0 Å². The van der Waals surface area contributed by atoms with Crippen molar-refractivity contribution in [1.82, 2.24) is 9.80 Å². The molecule has 164 valence electrons. The second-order valence-corrected chi connectivity index (χ2v) is 9.12. The quantitative estimate of drug-likeness (QED) is 0.690. The van der Waals surface area contributed by atoms with Gasteiger partial charge in [-0.05, 0) is 54.4 Å². The van der Waals surface area contributed by atoms with Crippen molar-refractivity contribution in [3.63, 3.8) is 0 Å². The molecule has 0 aliphatic carbocycles. The first-order valence-corrected chi connectivity index (χ1v) is 11.5. The highest BCUT2D eigenvalue weighted by atomic mass is 16.2. The van der Waals surface area contributed by atoms with Gasteiger partial charge in [-0.1, -0.05) is 56.3 Å². The molecule has 0 unspecified atom stereocenters. The van der Waals surface area contributed by atoms with Gasteiger partial charge in [-0.3, -0.25) is 9.69 Å². The Morgan fingerprint density at radius 2 is 1.61 bits per heavy atom. The van der Waals surface area contributed by atoms with Gasteiger partial charge in [0.05, 0.1) is 0 Å². The van der Waals surface area contributed by atoms with Crippen LogP contribution in [-0.2, 0) is 11.2 Å². The van der Waals surface area contributed by atoms with Crippen molar-refractivity contribution in [3.05, 3.63) is 65.7 Å². The number of carbonyl (C=O) groups excluding carboxylic acids is 2. The second kappa shape index (κ2) is 9.54. The van der Waals surface area contributed by atoms with Crippen LogP contribution in [0, 0.1) is 5.92 Å². The largest absolute Gasteiger partial charge is 0.341 e. The maximum atomic E-state index is 12.9. The van der Waals surface area contributed by atoms with Gasteiger partial charge in [-0.25, -0.2) is 4.79 Å². The third-order valence-corrected chi connectivity index (χ3v) is 6.63. The van der Waals surface area contributed by atoms with Gasteiger partial charge < -0.3 is 9.80 Å². The summed E-state index contributed by atoms with van der Waals surface area (Å²) in [7, 11) is 0. The van der Waals surface area contributed by atoms with Gasteiger partial charge in [0.25, 0.3) is 0 Å². The summed E-state index contributed by atoms with van der Waals surface area (Å²) in [4.78, 5) is 31.1. The molecule has 0 bridgehead atoms. The Hall–Kier alpha value is -2.82. The van der Waals surface area contributed by atoms with Crippen molar-refractivity contribution in [3.8, 4) is 0 Å². The van der Waals surface area contributed by atoms with E-state index >= 15 is 0 Å². The summed E-state index contributed by atoms with van der Waals surface area (Å²) in [5, 5.41) is 0. The molecule has 0 spiro atoms. The second-order valence-electron chi connectivity index (χ2n) is 9.12. The van der Waals surface area contributed by atoms with Crippen molar-refractivity contribution >= 4 is 17.6 Å². The van der Waals surface area contributed by atoms with Crippen molar-refractivity contribution in [2.75, 3.05) is 37.6 Å². The molecule has 2 aromatic carbocycles. The van der Waals surface area contributed by atoms with Crippen molar-refractivity contribution in [2.24, 2.45) is 5.92 Å². The fraction of sp³-hybridized carbons (Fsp3) is 0.462. The molecule has 2 fully saturated rings. The van der Waals surface area contributed by atoms with Crippen LogP contribution >= 0.6 is 0 Å². The zero-order valence-electron chi connectivity index (χ0n) is 18.7. The minimum atomic E-state index is -0.0652. The third-order valence-electron chi connectivity index (χ3n) is 6.63. The van der Waals surface area contributed by atoms with E-state index < -0.39 is 0 Å². The predicted molar refractivity (Wildman–Crippen MR) is 124 cm³/mol. The number of carbonyl (C=O) groups is 2. The van der Waals surface area contributed by atoms with Crippen LogP contribution in [0.25, 0.3) is 0 Å². The monoisotopic (exact) mass is 419 g/mol. The molecule has 2 saturated heterocycles. The molecule has 0 atom stereocenters. The lowest BCUT2D eigenvalue weighted by molar-refractivity contribution is -0.133. The smallest absolute Gasteiger partial charge is 0.325 e. The minimum Gasteiger partial charge on any atom is -0.341 e. The summed E-state index contributed by atoms with van der Waals surface area (Å²) in [6.07, 6.45) is 3.14. The van der Waals surface area contributed by atoms with E-state index in [4.69, 9.17) is 0 Å². The number of rotatable bonds is 6. The number of hydrogen-bond donors (Lipinski definition) is 0. The molecule has 0 radical (unpaired) electrons. The first-order chi connectivity index (χ1) is 15.0. The molecule has 3 amide bonds. The summed E-state index contributed by atoms with van der Waals surface area (Å²) in [6, 6.07) is 18.7. The van der Waals surface area contributed by atoms with E-state index in [1.54, 1.807) is 9.80 Å². The van der Waals surface area contributed by atoms with Crippen molar-refractivity contribution < 1.29 is 9.59 Å². The summed E-state index contributed by atoms with van der Waals surface area (Å²) >= 11 is 0.